The number of nitrogens with zero attached hydrogens (tertiary/aromatic N) is 3. The molecule has 2 N–H and O–H groups in total. The number of aromatic nitrogens is 3. The van der Waals surface area contributed by atoms with E-state index in [1.165, 1.54) is 16.8 Å². The summed E-state index contributed by atoms with van der Waals surface area (Å²) in [5, 5.41) is 15.2. The molecule has 7 nitrogen and oxygen atoms in total. The topological polar surface area (TPSA) is 97.1 Å². The lowest BCUT2D eigenvalue weighted by molar-refractivity contribution is 0.0696. The van der Waals surface area contributed by atoms with Gasteiger partial charge in [-0.15, -0.1) is 0 Å². The molecule has 2 heterocycles. The molecule has 0 radical (unpaired) electrons. The number of pyridine rings is 1. The van der Waals surface area contributed by atoms with Gasteiger partial charge in [0.05, 0.1) is 11.8 Å². The average Bonchev–Trinajstić information content (AvgIpc) is 2.75. The van der Waals surface area contributed by atoms with Crippen molar-refractivity contribution in [2.24, 2.45) is 7.05 Å². The van der Waals surface area contributed by atoms with Gasteiger partial charge in [0.2, 0.25) is 0 Å². The lowest BCUT2D eigenvalue weighted by Gasteiger charge is -2.04. The molecule has 18 heavy (non-hydrogen) atoms. The van der Waals surface area contributed by atoms with Crippen LogP contribution < -0.4 is 5.32 Å². The first kappa shape index (κ1) is 11.8. The van der Waals surface area contributed by atoms with Crippen molar-refractivity contribution >= 4 is 17.7 Å². The second-order valence-corrected chi connectivity index (χ2v) is 3.53. The fourth-order valence-electron chi connectivity index (χ4n) is 1.33. The van der Waals surface area contributed by atoms with Crippen molar-refractivity contribution < 1.29 is 14.7 Å². The molecule has 0 aromatic carbocycles. The Labute approximate surface area is 102 Å². The maximum atomic E-state index is 11.8. The van der Waals surface area contributed by atoms with E-state index in [0.717, 1.165) is 6.20 Å². The molecule has 0 unspecified atom stereocenters. The number of aromatic carboxylic acids is 1. The number of hydrogen-bond acceptors (Lipinski definition) is 4. The SMILES string of the molecule is Cn1nccc1NC(=O)c1ccc(C(=O)O)cn1. The first-order valence-corrected chi connectivity index (χ1v) is 5.06. The molecule has 0 saturated carbocycles. The third-order valence-corrected chi connectivity index (χ3v) is 2.31. The molecule has 0 fully saturated rings. The molecule has 2 aromatic rings. The van der Waals surface area contributed by atoms with Gasteiger partial charge < -0.3 is 10.4 Å². The first-order valence-electron chi connectivity index (χ1n) is 5.06. The number of anilines is 1. The lowest BCUT2D eigenvalue weighted by Crippen LogP contribution is -2.16. The van der Waals surface area contributed by atoms with Gasteiger partial charge in [0.15, 0.2) is 0 Å². The Morgan fingerprint density at radius 1 is 1.33 bits per heavy atom. The normalized spacial score (nSPS) is 10.1. The molecule has 0 aliphatic carbocycles. The molecular formula is C11H10N4O3. The number of rotatable bonds is 3. The Balaban J connectivity index is 2.14. The Bertz CT molecular complexity index is 589. The molecule has 2 rings (SSSR count). The van der Waals surface area contributed by atoms with Gasteiger partial charge in [-0.25, -0.2) is 4.79 Å². The van der Waals surface area contributed by atoms with Crippen LogP contribution in [0.5, 0.6) is 0 Å². The third kappa shape index (κ3) is 2.34. The van der Waals surface area contributed by atoms with Gasteiger partial charge in [-0.1, -0.05) is 0 Å². The number of nitrogens with one attached hydrogen (secondary N) is 1. The van der Waals surface area contributed by atoms with Crippen LogP contribution >= 0.6 is 0 Å². The summed E-state index contributed by atoms with van der Waals surface area (Å²) in [4.78, 5) is 26.2. The maximum absolute atomic E-state index is 11.8. The second kappa shape index (κ2) is 4.66. The van der Waals surface area contributed by atoms with Crippen molar-refractivity contribution in [1.29, 1.82) is 0 Å². The molecule has 1 amide bonds. The lowest BCUT2D eigenvalue weighted by atomic mass is 10.2. The standard InChI is InChI=1S/C11H10N4O3/c1-15-9(4-5-13-15)14-10(16)8-3-2-7(6-12-8)11(17)18/h2-6H,1H3,(H,14,16)(H,17,18). The van der Waals surface area contributed by atoms with Gasteiger partial charge in [0.25, 0.3) is 5.91 Å². The monoisotopic (exact) mass is 246 g/mol. The Morgan fingerprint density at radius 2 is 2.11 bits per heavy atom. The highest BCUT2D eigenvalue weighted by Gasteiger charge is 2.11. The van der Waals surface area contributed by atoms with Gasteiger partial charge in [0, 0.05) is 19.3 Å². The van der Waals surface area contributed by atoms with Crippen molar-refractivity contribution in [3.8, 4) is 0 Å². The van der Waals surface area contributed by atoms with E-state index in [-0.39, 0.29) is 11.3 Å². The van der Waals surface area contributed by atoms with E-state index >= 15 is 0 Å². The minimum atomic E-state index is -1.08. The molecule has 0 aliphatic rings. The smallest absolute Gasteiger partial charge is 0.337 e. The predicted octanol–water partition coefficient (Wildman–Crippen LogP) is 0.766. The summed E-state index contributed by atoms with van der Waals surface area (Å²) in [5.74, 6) is -0.972. The van der Waals surface area contributed by atoms with Crippen LogP contribution in [0.25, 0.3) is 0 Å². The number of carboxylic acid groups (broad SMARTS) is 1. The van der Waals surface area contributed by atoms with Crippen LogP contribution in [0, 0.1) is 0 Å². The summed E-state index contributed by atoms with van der Waals surface area (Å²) in [6, 6.07) is 4.33. The molecule has 92 valence electrons. The Hall–Kier alpha value is -2.70. The van der Waals surface area contributed by atoms with Crippen LogP contribution in [-0.4, -0.2) is 31.7 Å². The van der Waals surface area contributed by atoms with Crippen LogP contribution in [-0.2, 0) is 7.05 Å². The largest absolute Gasteiger partial charge is 0.478 e. The molecule has 7 heteroatoms. The van der Waals surface area contributed by atoms with Gasteiger partial charge in [-0.05, 0) is 12.1 Å². The van der Waals surface area contributed by atoms with Crippen LogP contribution in [0.1, 0.15) is 20.8 Å². The number of carbonyl (C=O) groups is 2. The van der Waals surface area contributed by atoms with Crippen molar-refractivity contribution in [3.05, 3.63) is 41.9 Å². The van der Waals surface area contributed by atoms with E-state index in [0.29, 0.717) is 5.82 Å². The van der Waals surface area contributed by atoms with Gasteiger partial charge in [-0.2, -0.15) is 5.10 Å². The fraction of sp³-hybridized carbons (Fsp3) is 0.0909. The third-order valence-electron chi connectivity index (χ3n) is 2.31. The number of carbonyl (C=O) groups excluding carboxylic acids is 1. The van der Waals surface area contributed by atoms with Gasteiger partial charge >= 0.3 is 5.97 Å². The van der Waals surface area contributed by atoms with E-state index in [9.17, 15) is 9.59 Å². The van der Waals surface area contributed by atoms with Gasteiger partial charge in [-0.3, -0.25) is 14.5 Å². The molecule has 0 spiro atoms. The molecule has 0 atom stereocenters. The van der Waals surface area contributed by atoms with Gasteiger partial charge in [0.1, 0.15) is 11.5 Å². The van der Waals surface area contributed by atoms with Crippen molar-refractivity contribution in [3.63, 3.8) is 0 Å². The number of amides is 1. The summed E-state index contributed by atoms with van der Waals surface area (Å²) < 4.78 is 1.50. The van der Waals surface area contributed by atoms with Crippen LogP contribution in [0.4, 0.5) is 5.82 Å². The summed E-state index contributed by atoms with van der Waals surface area (Å²) >= 11 is 0. The zero-order valence-corrected chi connectivity index (χ0v) is 9.49. The average molecular weight is 246 g/mol. The summed E-state index contributed by atoms with van der Waals surface area (Å²) in [7, 11) is 1.69. The minimum Gasteiger partial charge on any atom is -0.478 e. The zero-order valence-electron chi connectivity index (χ0n) is 9.49. The highest BCUT2D eigenvalue weighted by Crippen LogP contribution is 2.07. The first-order chi connectivity index (χ1) is 8.58. The molecule has 0 aliphatic heterocycles. The minimum absolute atomic E-state index is 0.0343. The second-order valence-electron chi connectivity index (χ2n) is 3.53. The molecular weight excluding hydrogens is 236 g/mol. The van der Waals surface area contributed by atoms with Crippen molar-refractivity contribution in [2.45, 2.75) is 0 Å². The highest BCUT2D eigenvalue weighted by molar-refractivity contribution is 6.02. The molecule has 0 bridgehead atoms. The highest BCUT2D eigenvalue weighted by atomic mass is 16.4. The summed E-state index contributed by atoms with van der Waals surface area (Å²) in [6.07, 6.45) is 2.69. The molecule has 2 aromatic heterocycles. The summed E-state index contributed by atoms with van der Waals surface area (Å²) in [5.41, 5.74) is 0.174. The van der Waals surface area contributed by atoms with E-state index in [4.69, 9.17) is 5.11 Å². The van der Waals surface area contributed by atoms with Crippen LogP contribution in [0.3, 0.4) is 0 Å². The van der Waals surface area contributed by atoms with E-state index < -0.39 is 11.9 Å². The number of hydrogen-bond donors (Lipinski definition) is 2. The van der Waals surface area contributed by atoms with Crippen LogP contribution in [0.15, 0.2) is 30.6 Å². The van der Waals surface area contributed by atoms with E-state index in [1.807, 2.05) is 0 Å². The number of aryl methyl sites for hydroxylation is 1. The van der Waals surface area contributed by atoms with Crippen LogP contribution in [0.2, 0.25) is 0 Å². The Kier molecular flexibility index (Phi) is 3.05. The summed E-state index contributed by atoms with van der Waals surface area (Å²) in [6.45, 7) is 0. The zero-order chi connectivity index (χ0) is 13.1. The van der Waals surface area contributed by atoms with E-state index in [1.54, 1.807) is 19.3 Å². The molecule has 0 saturated heterocycles. The Morgan fingerprint density at radius 3 is 2.61 bits per heavy atom. The predicted molar refractivity (Wildman–Crippen MR) is 62.4 cm³/mol. The van der Waals surface area contributed by atoms with Crippen molar-refractivity contribution in [2.75, 3.05) is 5.32 Å². The fourth-order valence-corrected chi connectivity index (χ4v) is 1.33. The van der Waals surface area contributed by atoms with Crippen molar-refractivity contribution in [1.82, 2.24) is 14.8 Å². The number of carboxylic acids is 1. The van der Waals surface area contributed by atoms with E-state index in [2.05, 4.69) is 15.4 Å². The quantitative estimate of drug-likeness (QED) is 0.833. The maximum Gasteiger partial charge on any atom is 0.337 e.